The van der Waals surface area contributed by atoms with E-state index in [0.29, 0.717) is 23.5 Å². The summed E-state index contributed by atoms with van der Waals surface area (Å²) in [4.78, 5) is 42.6. The van der Waals surface area contributed by atoms with Gasteiger partial charge in [0.05, 0.1) is 31.4 Å². The third kappa shape index (κ3) is 6.88. The van der Waals surface area contributed by atoms with Gasteiger partial charge in [-0.1, -0.05) is 35.9 Å². The molecule has 1 aliphatic heterocycles. The number of carboxylic acid groups (broad SMARTS) is 1. The van der Waals surface area contributed by atoms with Crippen LogP contribution in [0.5, 0.6) is 17.2 Å². The number of carbonyl (C=O) groups is 3. The Morgan fingerprint density at radius 3 is 2.34 bits per heavy atom. The van der Waals surface area contributed by atoms with Crippen LogP contribution in [0.3, 0.4) is 0 Å². The van der Waals surface area contributed by atoms with E-state index < -0.39 is 24.0 Å². The number of benzene rings is 3. The topological polar surface area (TPSA) is 119 Å². The van der Waals surface area contributed by atoms with E-state index in [1.807, 2.05) is 12.1 Å². The molecule has 2 atom stereocenters. The second-order valence-electron chi connectivity index (χ2n) is 9.36. The van der Waals surface area contributed by atoms with Crippen molar-refractivity contribution in [3.05, 3.63) is 99.4 Å². The number of nitrogens with zero attached hydrogens (tertiary/aromatic N) is 2. The maximum atomic E-state index is 13.2. The first kappa shape index (κ1) is 29.2. The molecule has 3 aromatic rings. The van der Waals surface area contributed by atoms with Gasteiger partial charge in [-0.3, -0.25) is 9.69 Å². The second-order valence-corrected chi connectivity index (χ2v) is 9.77. The molecule has 11 heteroatoms. The molecule has 2 amide bonds. The summed E-state index contributed by atoms with van der Waals surface area (Å²) in [6.07, 6.45) is -0.147. The van der Waals surface area contributed by atoms with Crippen molar-refractivity contribution < 1.29 is 33.7 Å². The first-order valence-electron chi connectivity index (χ1n) is 12.7. The smallest absolute Gasteiger partial charge is 0.416 e. The Morgan fingerprint density at radius 2 is 1.73 bits per heavy atom. The standard InChI is InChI=1S/C30H28ClN3O7/c1-32-16-21-13-19-14-26(39-2)27(40-3)15-20(19)17-34(21)30(38)41-22-10-8-18(9-11-22)12-25(29(36)37)33-28(35)23-6-4-5-7-24(23)31/h4-11,14-15,21,25H,12-13,16-17H2,2-3H3,(H,33,35)(H,36,37)/t21?,25-/m0/s1. The summed E-state index contributed by atoms with van der Waals surface area (Å²) in [5.74, 6) is -0.419. The third-order valence-electron chi connectivity index (χ3n) is 6.77. The highest BCUT2D eigenvalue weighted by Gasteiger charge is 2.34. The van der Waals surface area contributed by atoms with E-state index in [0.717, 1.165) is 11.1 Å². The zero-order valence-corrected chi connectivity index (χ0v) is 23.2. The molecule has 0 fully saturated rings. The average Bonchev–Trinajstić information content (AvgIpc) is 2.96. The fourth-order valence-corrected chi connectivity index (χ4v) is 4.85. The molecular weight excluding hydrogens is 550 g/mol. The molecular formula is C30H28ClN3O7. The number of rotatable bonds is 9. The number of carbonyl (C=O) groups excluding carboxylic acids is 2. The van der Waals surface area contributed by atoms with Crippen LogP contribution in [0.25, 0.3) is 4.85 Å². The predicted molar refractivity (Wildman–Crippen MR) is 151 cm³/mol. The zero-order chi connectivity index (χ0) is 29.5. The molecule has 0 aromatic heterocycles. The van der Waals surface area contributed by atoms with Crippen LogP contribution in [0.15, 0.2) is 60.7 Å². The monoisotopic (exact) mass is 577 g/mol. The van der Waals surface area contributed by atoms with Crippen molar-refractivity contribution in [2.45, 2.75) is 31.5 Å². The molecule has 0 saturated heterocycles. The molecule has 10 nitrogen and oxygen atoms in total. The highest BCUT2D eigenvalue weighted by atomic mass is 35.5. The van der Waals surface area contributed by atoms with Gasteiger partial charge in [0, 0.05) is 12.8 Å². The maximum absolute atomic E-state index is 13.2. The Kier molecular flexibility index (Phi) is 9.32. The summed E-state index contributed by atoms with van der Waals surface area (Å²) in [6.45, 7) is 7.70. The molecule has 2 N–H and O–H groups in total. The van der Waals surface area contributed by atoms with Gasteiger partial charge in [-0.15, -0.1) is 0 Å². The summed E-state index contributed by atoms with van der Waals surface area (Å²) >= 11 is 6.06. The first-order valence-corrected chi connectivity index (χ1v) is 13.0. The number of hydrogen-bond donors (Lipinski definition) is 2. The number of methoxy groups -OCH3 is 2. The lowest BCUT2D eigenvalue weighted by Crippen LogP contribution is -2.47. The van der Waals surface area contributed by atoms with Gasteiger partial charge in [0.25, 0.3) is 5.91 Å². The Hall–Kier alpha value is -4.75. The SMILES string of the molecule is [C-]#[N+]CC1Cc2cc(OC)c(OC)cc2CN1C(=O)Oc1ccc(C[C@H](NC(=O)c2ccccc2Cl)C(=O)O)cc1. The molecule has 3 aromatic carbocycles. The molecule has 1 heterocycles. The summed E-state index contributed by atoms with van der Waals surface area (Å²) < 4.78 is 16.4. The third-order valence-corrected chi connectivity index (χ3v) is 7.10. The van der Waals surface area contributed by atoms with Crippen LogP contribution in [0.1, 0.15) is 27.0 Å². The molecule has 0 aliphatic carbocycles. The first-order chi connectivity index (χ1) is 19.7. The van der Waals surface area contributed by atoms with E-state index in [-0.39, 0.29) is 41.9 Å². The molecule has 0 saturated carbocycles. The van der Waals surface area contributed by atoms with Crippen LogP contribution in [0.4, 0.5) is 4.79 Å². The van der Waals surface area contributed by atoms with E-state index in [9.17, 15) is 19.5 Å². The average molecular weight is 578 g/mol. The summed E-state index contributed by atoms with van der Waals surface area (Å²) in [5.41, 5.74) is 2.63. The van der Waals surface area contributed by atoms with Gasteiger partial charge in [-0.05, 0) is 53.1 Å². The number of halogens is 1. The molecule has 41 heavy (non-hydrogen) atoms. The fraction of sp³-hybridized carbons (Fsp3) is 0.267. The normalized spacial score (nSPS) is 14.7. The maximum Gasteiger partial charge on any atom is 0.416 e. The Balaban J connectivity index is 1.44. The van der Waals surface area contributed by atoms with Crippen molar-refractivity contribution in [2.75, 3.05) is 20.8 Å². The lowest BCUT2D eigenvalue weighted by Gasteiger charge is -2.33. The largest absolute Gasteiger partial charge is 0.493 e. The molecule has 0 spiro atoms. The van der Waals surface area contributed by atoms with E-state index in [4.69, 9.17) is 32.4 Å². The van der Waals surface area contributed by atoms with Gasteiger partial charge in [-0.25, -0.2) is 16.2 Å². The molecule has 212 valence electrons. The summed E-state index contributed by atoms with van der Waals surface area (Å²) in [5, 5.41) is 12.4. The highest BCUT2D eigenvalue weighted by molar-refractivity contribution is 6.33. The molecule has 4 rings (SSSR count). The van der Waals surface area contributed by atoms with Crippen LogP contribution in [-0.2, 0) is 24.2 Å². The van der Waals surface area contributed by atoms with E-state index in [1.54, 1.807) is 49.6 Å². The summed E-state index contributed by atoms with van der Waals surface area (Å²) in [6, 6.07) is 14.8. The Labute approximate surface area is 242 Å². The second kappa shape index (κ2) is 13.1. The van der Waals surface area contributed by atoms with Crippen LogP contribution in [0.2, 0.25) is 5.02 Å². The Morgan fingerprint density at radius 1 is 1.07 bits per heavy atom. The van der Waals surface area contributed by atoms with Crippen molar-refractivity contribution in [2.24, 2.45) is 0 Å². The number of ether oxygens (including phenoxy) is 3. The van der Waals surface area contributed by atoms with Gasteiger partial charge >= 0.3 is 12.1 Å². The van der Waals surface area contributed by atoms with Gasteiger partial charge in [0.1, 0.15) is 17.8 Å². The van der Waals surface area contributed by atoms with Crippen LogP contribution >= 0.6 is 11.6 Å². The molecule has 1 aliphatic rings. The Bertz CT molecular complexity index is 1490. The minimum atomic E-state index is -1.20. The number of amides is 2. The molecule has 0 radical (unpaired) electrons. The highest BCUT2D eigenvalue weighted by Crippen LogP contribution is 2.35. The quantitative estimate of drug-likeness (QED) is 0.356. The van der Waals surface area contributed by atoms with Crippen molar-refractivity contribution in [3.8, 4) is 17.2 Å². The van der Waals surface area contributed by atoms with Crippen LogP contribution in [-0.4, -0.2) is 60.8 Å². The number of hydrogen-bond acceptors (Lipinski definition) is 6. The fourth-order valence-electron chi connectivity index (χ4n) is 4.63. The summed E-state index contributed by atoms with van der Waals surface area (Å²) in [7, 11) is 3.09. The van der Waals surface area contributed by atoms with Crippen molar-refractivity contribution in [1.82, 2.24) is 10.2 Å². The van der Waals surface area contributed by atoms with Gasteiger partial charge in [0.2, 0.25) is 6.54 Å². The van der Waals surface area contributed by atoms with E-state index >= 15 is 0 Å². The predicted octanol–water partition coefficient (Wildman–Crippen LogP) is 4.63. The van der Waals surface area contributed by atoms with Gasteiger partial charge < -0.3 is 29.5 Å². The van der Waals surface area contributed by atoms with E-state index in [1.165, 1.54) is 18.1 Å². The number of carboxylic acids is 1. The zero-order valence-electron chi connectivity index (χ0n) is 22.4. The van der Waals surface area contributed by atoms with Crippen molar-refractivity contribution in [3.63, 3.8) is 0 Å². The number of aliphatic carboxylic acids is 1. The van der Waals surface area contributed by atoms with Crippen molar-refractivity contribution in [1.29, 1.82) is 0 Å². The van der Waals surface area contributed by atoms with E-state index in [2.05, 4.69) is 10.2 Å². The number of fused-ring (bicyclic) bond motifs is 1. The number of nitrogens with one attached hydrogen (secondary N) is 1. The lowest BCUT2D eigenvalue weighted by atomic mass is 9.93. The van der Waals surface area contributed by atoms with Crippen LogP contribution in [0, 0.1) is 6.57 Å². The minimum Gasteiger partial charge on any atom is -0.493 e. The van der Waals surface area contributed by atoms with Crippen molar-refractivity contribution >= 4 is 29.6 Å². The lowest BCUT2D eigenvalue weighted by molar-refractivity contribution is -0.139. The van der Waals surface area contributed by atoms with Crippen LogP contribution < -0.4 is 19.5 Å². The minimum absolute atomic E-state index is 0.00103. The van der Waals surface area contributed by atoms with Gasteiger partial charge in [-0.2, -0.15) is 0 Å². The molecule has 1 unspecified atom stereocenters. The molecule has 0 bridgehead atoms. The van der Waals surface area contributed by atoms with Gasteiger partial charge in [0.15, 0.2) is 11.5 Å².